The predicted molar refractivity (Wildman–Crippen MR) is 102 cm³/mol. The number of aromatic nitrogens is 1. The Bertz CT molecular complexity index is 885. The second-order valence-corrected chi connectivity index (χ2v) is 7.55. The number of rotatable bonds is 3. The summed E-state index contributed by atoms with van der Waals surface area (Å²) in [5, 5.41) is 1.32. The molecule has 1 aliphatic heterocycles. The Morgan fingerprint density at radius 3 is 2.96 bits per heavy atom. The predicted octanol–water partition coefficient (Wildman–Crippen LogP) is 2.69. The maximum absolute atomic E-state index is 12.8. The van der Waals surface area contributed by atoms with Gasteiger partial charge in [-0.25, -0.2) is 0 Å². The van der Waals surface area contributed by atoms with E-state index in [2.05, 4.69) is 40.9 Å². The first-order chi connectivity index (χ1) is 12.5. The molecule has 2 amide bonds. The number of piperidine rings is 1. The Kier molecular flexibility index (Phi) is 4.19. The highest BCUT2D eigenvalue weighted by Crippen LogP contribution is 2.44. The fourth-order valence-corrected chi connectivity index (χ4v) is 4.78. The Balaban J connectivity index is 1.73. The third kappa shape index (κ3) is 2.58. The van der Waals surface area contributed by atoms with Gasteiger partial charge in [-0.05, 0) is 30.0 Å². The fourth-order valence-electron chi connectivity index (χ4n) is 4.78. The van der Waals surface area contributed by atoms with Crippen LogP contribution in [-0.4, -0.2) is 52.8 Å². The molecule has 136 valence electrons. The summed E-state index contributed by atoms with van der Waals surface area (Å²) < 4.78 is 0. The van der Waals surface area contributed by atoms with Crippen molar-refractivity contribution in [1.29, 1.82) is 0 Å². The van der Waals surface area contributed by atoms with Crippen LogP contribution in [0.2, 0.25) is 0 Å². The number of hydrogen-bond acceptors (Lipinski definition) is 3. The van der Waals surface area contributed by atoms with Crippen LogP contribution >= 0.6 is 0 Å². The van der Waals surface area contributed by atoms with Crippen molar-refractivity contribution in [2.45, 2.75) is 31.7 Å². The van der Waals surface area contributed by atoms with E-state index in [1.165, 1.54) is 33.9 Å². The number of carbonyl (C=O) groups is 2. The van der Waals surface area contributed by atoms with E-state index < -0.39 is 0 Å². The Morgan fingerprint density at radius 2 is 2.23 bits per heavy atom. The normalized spacial score (nSPS) is 24.9. The van der Waals surface area contributed by atoms with Gasteiger partial charge in [0.15, 0.2) is 0 Å². The molecule has 2 heterocycles. The van der Waals surface area contributed by atoms with Crippen molar-refractivity contribution in [1.82, 2.24) is 14.8 Å². The highest BCUT2D eigenvalue weighted by atomic mass is 16.2. The minimum Gasteiger partial charge on any atom is -0.361 e. The lowest BCUT2D eigenvalue weighted by molar-refractivity contribution is -0.146. The van der Waals surface area contributed by atoms with Crippen molar-refractivity contribution in [2.24, 2.45) is 5.92 Å². The molecule has 1 N–H and O–H groups in total. The molecule has 1 fully saturated rings. The van der Waals surface area contributed by atoms with Crippen LogP contribution < -0.4 is 0 Å². The van der Waals surface area contributed by atoms with Gasteiger partial charge in [-0.15, -0.1) is 6.58 Å². The largest absolute Gasteiger partial charge is 0.361 e. The number of likely N-dealkylation sites (tertiary alicyclic amines) is 1. The number of benzene rings is 1. The van der Waals surface area contributed by atoms with Crippen LogP contribution in [0.4, 0.5) is 0 Å². The second kappa shape index (κ2) is 6.40. The molecule has 2 aliphatic rings. The van der Waals surface area contributed by atoms with Crippen molar-refractivity contribution in [3.05, 3.63) is 48.2 Å². The molecule has 5 nitrogen and oxygen atoms in total. The van der Waals surface area contributed by atoms with Gasteiger partial charge in [-0.3, -0.25) is 19.4 Å². The van der Waals surface area contributed by atoms with Crippen molar-refractivity contribution < 1.29 is 9.59 Å². The van der Waals surface area contributed by atoms with Crippen LogP contribution in [-0.2, 0) is 16.0 Å². The molecule has 0 saturated carbocycles. The van der Waals surface area contributed by atoms with Crippen LogP contribution in [0.1, 0.15) is 30.4 Å². The van der Waals surface area contributed by atoms with E-state index in [1.807, 2.05) is 6.08 Å². The quantitative estimate of drug-likeness (QED) is 0.865. The molecule has 0 radical (unpaired) electrons. The van der Waals surface area contributed by atoms with Crippen molar-refractivity contribution in [3.8, 4) is 0 Å². The number of hydrogen-bond donors (Lipinski definition) is 1. The van der Waals surface area contributed by atoms with Crippen molar-refractivity contribution in [3.63, 3.8) is 0 Å². The van der Waals surface area contributed by atoms with Gasteiger partial charge >= 0.3 is 0 Å². The highest BCUT2D eigenvalue weighted by molar-refractivity contribution is 5.95. The van der Waals surface area contributed by atoms with Crippen molar-refractivity contribution >= 4 is 22.7 Å². The molecule has 1 aromatic heterocycles. The number of nitrogens with zero attached hydrogens (tertiary/aromatic N) is 2. The van der Waals surface area contributed by atoms with Crippen LogP contribution in [0.3, 0.4) is 0 Å². The second-order valence-electron chi connectivity index (χ2n) is 7.55. The van der Waals surface area contributed by atoms with Gasteiger partial charge in [-0.2, -0.15) is 0 Å². The first kappa shape index (κ1) is 17.0. The zero-order chi connectivity index (χ0) is 18.4. The third-order valence-corrected chi connectivity index (χ3v) is 6.09. The summed E-state index contributed by atoms with van der Waals surface area (Å²) in [7, 11) is 1.58. The van der Waals surface area contributed by atoms with Crippen molar-refractivity contribution in [2.75, 3.05) is 20.1 Å². The summed E-state index contributed by atoms with van der Waals surface area (Å²) in [6.45, 7) is 6.78. The van der Waals surface area contributed by atoms with Crippen LogP contribution in [0.15, 0.2) is 37.1 Å². The molecule has 1 saturated heterocycles. The average molecular weight is 351 g/mol. The maximum atomic E-state index is 12.8. The standard InChI is InChI=1S/C21H25N3O2/c1-4-8-24-12-15(21(26)23(3)13(2)25)9-17-16-6-5-7-18-20(16)14(11-22-18)10-19(17)24/h4-7,11,15,17,19,22H,1,8-10,12H2,2-3H3/t15-,17-,19-/m1/s1. The number of imide groups is 1. The number of aromatic amines is 1. The smallest absolute Gasteiger partial charge is 0.233 e. The number of fused-ring (bicyclic) bond motifs is 2. The molecule has 0 unspecified atom stereocenters. The molecule has 0 bridgehead atoms. The summed E-state index contributed by atoms with van der Waals surface area (Å²) in [5.74, 6) is -0.144. The average Bonchev–Trinajstić information content (AvgIpc) is 3.05. The van der Waals surface area contributed by atoms with E-state index in [0.717, 1.165) is 19.4 Å². The Hall–Kier alpha value is -2.40. The van der Waals surface area contributed by atoms with Gasteiger partial charge in [0.1, 0.15) is 0 Å². The fraction of sp³-hybridized carbons (Fsp3) is 0.429. The lowest BCUT2D eigenvalue weighted by atomic mass is 9.72. The van der Waals surface area contributed by atoms with Crippen LogP contribution in [0.25, 0.3) is 10.9 Å². The van der Waals surface area contributed by atoms with Gasteiger partial charge in [0, 0.05) is 56.1 Å². The van der Waals surface area contributed by atoms with Gasteiger partial charge in [0.2, 0.25) is 11.8 Å². The molecular formula is C21H25N3O2. The van der Waals surface area contributed by atoms with E-state index in [9.17, 15) is 9.59 Å². The molecular weight excluding hydrogens is 326 g/mol. The number of amides is 2. The topological polar surface area (TPSA) is 56.4 Å². The molecule has 4 rings (SSSR count). The van der Waals surface area contributed by atoms with E-state index in [1.54, 1.807) is 7.05 Å². The summed E-state index contributed by atoms with van der Waals surface area (Å²) in [4.78, 5) is 31.5. The minimum atomic E-state index is -0.203. The molecule has 26 heavy (non-hydrogen) atoms. The number of nitrogens with one attached hydrogen (secondary N) is 1. The molecule has 3 atom stereocenters. The van der Waals surface area contributed by atoms with E-state index in [4.69, 9.17) is 0 Å². The molecule has 5 heteroatoms. The summed E-state index contributed by atoms with van der Waals surface area (Å²) in [5.41, 5.74) is 3.85. The SMILES string of the molecule is C=CCN1C[C@H](C(=O)N(C)C(C)=O)C[C@@H]2c3cccc4[nH]cc(c34)C[C@H]21. The van der Waals surface area contributed by atoms with Gasteiger partial charge in [0.25, 0.3) is 0 Å². The summed E-state index contributed by atoms with van der Waals surface area (Å²) in [6, 6.07) is 6.77. The molecule has 0 spiro atoms. The highest BCUT2D eigenvalue weighted by Gasteiger charge is 2.43. The van der Waals surface area contributed by atoms with Crippen LogP contribution in [0.5, 0.6) is 0 Å². The number of H-pyrrole nitrogens is 1. The first-order valence-corrected chi connectivity index (χ1v) is 9.23. The zero-order valence-corrected chi connectivity index (χ0v) is 15.4. The minimum absolute atomic E-state index is 0.0722. The summed E-state index contributed by atoms with van der Waals surface area (Å²) >= 11 is 0. The molecule has 1 aromatic carbocycles. The lowest BCUT2D eigenvalue weighted by Crippen LogP contribution is -2.53. The monoisotopic (exact) mass is 351 g/mol. The van der Waals surface area contributed by atoms with E-state index >= 15 is 0 Å². The zero-order valence-electron chi connectivity index (χ0n) is 15.4. The number of carbonyl (C=O) groups excluding carboxylic acids is 2. The van der Waals surface area contributed by atoms with E-state index in [-0.39, 0.29) is 17.7 Å². The van der Waals surface area contributed by atoms with E-state index in [0.29, 0.717) is 18.5 Å². The van der Waals surface area contributed by atoms with Gasteiger partial charge in [-0.1, -0.05) is 18.2 Å². The molecule has 1 aliphatic carbocycles. The molecule has 2 aromatic rings. The maximum Gasteiger partial charge on any atom is 0.233 e. The van der Waals surface area contributed by atoms with Crippen LogP contribution in [0, 0.1) is 5.92 Å². The lowest BCUT2D eigenvalue weighted by Gasteiger charge is -2.46. The van der Waals surface area contributed by atoms with Gasteiger partial charge < -0.3 is 4.98 Å². The Morgan fingerprint density at radius 1 is 1.42 bits per heavy atom. The third-order valence-electron chi connectivity index (χ3n) is 6.09. The first-order valence-electron chi connectivity index (χ1n) is 9.23. The Labute approximate surface area is 153 Å². The summed E-state index contributed by atoms with van der Waals surface area (Å²) in [6.07, 6.45) is 5.81. The van der Waals surface area contributed by atoms with Gasteiger partial charge in [0.05, 0.1) is 5.92 Å².